The predicted octanol–water partition coefficient (Wildman–Crippen LogP) is 2.64. The maximum atomic E-state index is 5.40. The second-order valence-corrected chi connectivity index (χ2v) is 4.64. The molecule has 0 aliphatic carbocycles. The van der Waals surface area contributed by atoms with E-state index in [1.165, 1.54) is 5.56 Å². The molecule has 0 spiro atoms. The Kier molecular flexibility index (Phi) is 6.76. The van der Waals surface area contributed by atoms with Crippen LogP contribution in [0.5, 0.6) is 5.75 Å². The first-order chi connectivity index (χ1) is 8.67. The van der Waals surface area contributed by atoms with Gasteiger partial charge >= 0.3 is 0 Å². The van der Waals surface area contributed by atoms with Gasteiger partial charge in [0.25, 0.3) is 0 Å². The first-order valence-corrected chi connectivity index (χ1v) is 6.63. The summed E-state index contributed by atoms with van der Waals surface area (Å²) in [5.41, 5.74) is 1.24. The molecule has 1 aromatic carbocycles. The molecule has 0 saturated carbocycles. The van der Waals surface area contributed by atoms with Gasteiger partial charge in [0.1, 0.15) is 5.75 Å². The maximum Gasteiger partial charge on any atom is 0.122 e. The zero-order valence-corrected chi connectivity index (χ0v) is 11.9. The average Bonchev–Trinajstić information content (AvgIpc) is 2.36. The van der Waals surface area contributed by atoms with Gasteiger partial charge in [-0.05, 0) is 38.8 Å². The lowest BCUT2D eigenvalue weighted by atomic mass is 10.1. The summed E-state index contributed by atoms with van der Waals surface area (Å²) in [6.07, 6.45) is 0.959. The highest BCUT2D eigenvalue weighted by atomic mass is 16.5. The number of hydrogen-bond donors (Lipinski definition) is 1. The molecule has 102 valence electrons. The Bertz CT molecular complexity index is 341. The second-order valence-electron chi connectivity index (χ2n) is 4.64. The van der Waals surface area contributed by atoms with Gasteiger partial charge in [0.05, 0.1) is 13.7 Å². The number of ether oxygens (including phenoxy) is 2. The summed E-state index contributed by atoms with van der Waals surface area (Å²) >= 11 is 0. The maximum absolute atomic E-state index is 5.40. The molecule has 0 radical (unpaired) electrons. The van der Waals surface area contributed by atoms with Crippen LogP contribution in [0, 0.1) is 0 Å². The summed E-state index contributed by atoms with van der Waals surface area (Å²) in [6.45, 7) is 7.88. The summed E-state index contributed by atoms with van der Waals surface area (Å²) in [6, 6.07) is 8.94. The van der Waals surface area contributed by atoms with Crippen molar-refractivity contribution in [2.45, 2.75) is 39.3 Å². The van der Waals surface area contributed by atoms with Gasteiger partial charge in [0, 0.05) is 18.7 Å². The minimum Gasteiger partial charge on any atom is -0.496 e. The monoisotopic (exact) mass is 251 g/mol. The summed E-state index contributed by atoms with van der Waals surface area (Å²) in [7, 11) is 1.72. The van der Waals surface area contributed by atoms with E-state index in [2.05, 4.69) is 25.2 Å². The molecule has 0 fully saturated rings. The number of benzene rings is 1. The third kappa shape index (κ3) is 5.07. The third-order valence-electron chi connectivity index (χ3n) is 2.86. The number of para-hydroxylation sites is 1. The second kappa shape index (κ2) is 8.11. The zero-order valence-electron chi connectivity index (χ0n) is 11.9. The largest absolute Gasteiger partial charge is 0.496 e. The lowest BCUT2D eigenvalue weighted by Crippen LogP contribution is -2.38. The Balaban J connectivity index is 2.46. The minimum atomic E-state index is 0.370. The molecular formula is C15H25NO2. The third-order valence-corrected chi connectivity index (χ3v) is 2.86. The molecule has 1 aromatic rings. The summed E-state index contributed by atoms with van der Waals surface area (Å²) in [5, 5.41) is 3.53. The van der Waals surface area contributed by atoms with Crippen molar-refractivity contribution in [3.63, 3.8) is 0 Å². The number of methoxy groups -OCH3 is 1. The normalized spacial score (nSPS) is 14.2. The van der Waals surface area contributed by atoms with Crippen LogP contribution in [0.3, 0.4) is 0 Å². The molecule has 1 N–H and O–H groups in total. The fourth-order valence-corrected chi connectivity index (χ4v) is 2.09. The molecule has 0 aliphatic heterocycles. The molecule has 0 saturated heterocycles. The van der Waals surface area contributed by atoms with E-state index in [-0.39, 0.29) is 0 Å². The Labute approximate surface area is 110 Å². The van der Waals surface area contributed by atoms with Crippen molar-refractivity contribution in [2.24, 2.45) is 0 Å². The Morgan fingerprint density at radius 1 is 1.17 bits per heavy atom. The molecule has 3 heteroatoms. The molecule has 0 heterocycles. The van der Waals surface area contributed by atoms with E-state index < -0.39 is 0 Å². The zero-order chi connectivity index (χ0) is 13.4. The van der Waals surface area contributed by atoms with E-state index in [0.29, 0.717) is 12.1 Å². The topological polar surface area (TPSA) is 30.5 Å². The summed E-state index contributed by atoms with van der Waals surface area (Å²) < 4.78 is 10.8. The molecule has 0 bridgehead atoms. The highest BCUT2D eigenvalue weighted by Crippen LogP contribution is 2.18. The van der Waals surface area contributed by atoms with Crippen LogP contribution in [-0.4, -0.2) is 32.4 Å². The van der Waals surface area contributed by atoms with E-state index in [9.17, 15) is 0 Å². The van der Waals surface area contributed by atoms with Crippen LogP contribution in [-0.2, 0) is 11.2 Å². The van der Waals surface area contributed by atoms with E-state index in [1.807, 2.05) is 25.1 Å². The van der Waals surface area contributed by atoms with Crippen molar-refractivity contribution in [3.05, 3.63) is 29.8 Å². The molecular weight excluding hydrogens is 226 g/mol. The van der Waals surface area contributed by atoms with Gasteiger partial charge in [-0.3, -0.25) is 0 Å². The molecule has 2 unspecified atom stereocenters. The summed E-state index contributed by atoms with van der Waals surface area (Å²) in [5.74, 6) is 0.962. The van der Waals surface area contributed by atoms with Crippen molar-refractivity contribution in [3.8, 4) is 5.75 Å². The first kappa shape index (κ1) is 15.0. The number of nitrogens with one attached hydrogen (secondary N) is 1. The minimum absolute atomic E-state index is 0.370. The average molecular weight is 251 g/mol. The fourth-order valence-electron chi connectivity index (χ4n) is 2.09. The molecule has 3 nitrogen and oxygen atoms in total. The molecule has 18 heavy (non-hydrogen) atoms. The van der Waals surface area contributed by atoms with Crippen molar-refractivity contribution < 1.29 is 9.47 Å². The lowest BCUT2D eigenvalue weighted by molar-refractivity contribution is 0.124. The van der Waals surface area contributed by atoms with Gasteiger partial charge in [-0.15, -0.1) is 0 Å². The molecule has 1 rings (SSSR count). The highest BCUT2D eigenvalue weighted by Gasteiger charge is 2.10. The van der Waals surface area contributed by atoms with E-state index >= 15 is 0 Å². The van der Waals surface area contributed by atoms with Crippen LogP contribution in [0.4, 0.5) is 0 Å². The van der Waals surface area contributed by atoms with Crippen molar-refractivity contribution >= 4 is 0 Å². The fraction of sp³-hybridized carbons (Fsp3) is 0.600. The van der Waals surface area contributed by atoms with E-state index in [0.717, 1.165) is 25.4 Å². The van der Waals surface area contributed by atoms with Gasteiger partial charge < -0.3 is 14.8 Å². The smallest absolute Gasteiger partial charge is 0.122 e. The Morgan fingerprint density at radius 3 is 2.56 bits per heavy atom. The standard InChI is InChI=1S/C15H25NO2/c1-5-18-11-13(3)16-12(2)10-14-8-6-7-9-15(14)17-4/h6-9,12-13,16H,5,10-11H2,1-4H3. The van der Waals surface area contributed by atoms with E-state index in [4.69, 9.17) is 9.47 Å². The molecule has 0 amide bonds. The van der Waals surface area contributed by atoms with E-state index in [1.54, 1.807) is 7.11 Å². The SMILES string of the molecule is CCOCC(C)NC(C)Cc1ccccc1OC. The summed E-state index contributed by atoms with van der Waals surface area (Å²) in [4.78, 5) is 0. The lowest BCUT2D eigenvalue weighted by Gasteiger charge is -2.20. The van der Waals surface area contributed by atoms with Crippen LogP contribution in [0.25, 0.3) is 0 Å². The number of rotatable bonds is 8. The van der Waals surface area contributed by atoms with Gasteiger partial charge in [-0.25, -0.2) is 0 Å². The molecule has 0 aliphatic rings. The first-order valence-electron chi connectivity index (χ1n) is 6.63. The van der Waals surface area contributed by atoms with Crippen LogP contribution in [0.1, 0.15) is 26.3 Å². The van der Waals surface area contributed by atoms with Gasteiger partial charge in [-0.2, -0.15) is 0 Å². The highest BCUT2D eigenvalue weighted by molar-refractivity contribution is 5.33. The molecule has 0 aromatic heterocycles. The quantitative estimate of drug-likeness (QED) is 0.770. The predicted molar refractivity (Wildman–Crippen MR) is 75.3 cm³/mol. The van der Waals surface area contributed by atoms with Crippen LogP contribution >= 0.6 is 0 Å². The Morgan fingerprint density at radius 2 is 1.89 bits per heavy atom. The van der Waals surface area contributed by atoms with Crippen molar-refractivity contribution in [2.75, 3.05) is 20.3 Å². The van der Waals surface area contributed by atoms with Crippen LogP contribution < -0.4 is 10.1 Å². The van der Waals surface area contributed by atoms with Gasteiger partial charge in [0.2, 0.25) is 0 Å². The molecule has 2 atom stereocenters. The van der Waals surface area contributed by atoms with Gasteiger partial charge in [-0.1, -0.05) is 18.2 Å². The Hall–Kier alpha value is -1.06. The number of hydrogen-bond acceptors (Lipinski definition) is 3. The van der Waals surface area contributed by atoms with Crippen molar-refractivity contribution in [1.82, 2.24) is 5.32 Å². The van der Waals surface area contributed by atoms with Gasteiger partial charge in [0.15, 0.2) is 0 Å². The van der Waals surface area contributed by atoms with Crippen LogP contribution in [0.15, 0.2) is 24.3 Å². The van der Waals surface area contributed by atoms with Crippen molar-refractivity contribution in [1.29, 1.82) is 0 Å². The van der Waals surface area contributed by atoms with Crippen LogP contribution in [0.2, 0.25) is 0 Å².